The average Bonchev–Trinajstić information content (AvgIpc) is 3.15. The molecule has 0 aliphatic carbocycles. The first kappa shape index (κ1) is 19.0. The highest BCUT2D eigenvalue weighted by atomic mass is 32.2. The minimum absolute atomic E-state index is 0.311. The molecule has 3 rings (SSSR count). The number of nitrogens with zero attached hydrogens (tertiary/aromatic N) is 2. The van der Waals surface area contributed by atoms with E-state index in [1.54, 1.807) is 42.1 Å². The van der Waals surface area contributed by atoms with Gasteiger partial charge in [-0.1, -0.05) is 0 Å². The van der Waals surface area contributed by atoms with E-state index in [1.807, 2.05) is 0 Å². The zero-order chi connectivity index (χ0) is 19.2. The van der Waals surface area contributed by atoms with Gasteiger partial charge in [0.15, 0.2) is 11.7 Å². The summed E-state index contributed by atoms with van der Waals surface area (Å²) in [6.45, 7) is -0.437. The van der Waals surface area contributed by atoms with Crippen molar-refractivity contribution in [3.63, 3.8) is 0 Å². The van der Waals surface area contributed by atoms with Crippen LogP contribution >= 0.6 is 23.1 Å². The fourth-order valence-electron chi connectivity index (χ4n) is 2.16. The van der Waals surface area contributed by atoms with Crippen molar-refractivity contribution in [3.05, 3.63) is 59.4 Å². The second kappa shape index (κ2) is 8.74. The molecule has 0 spiro atoms. The first-order valence-electron chi connectivity index (χ1n) is 7.74. The molecule has 6 nitrogen and oxygen atoms in total. The molecular formula is C18H14FN3O3S2. The van der Waals surface area contributed by atoms with Gasteiger partial charge in [-0.05, 0) is 42.7 Å². The van der Waals surface area contributed by atoms with Crippen molar-refractivity contribution in [1.29, 1.82) is 0 Å². The van der Waals surface area contributed by atoms with Gasteiger partial charge in [-0.3, -0.25) is 10.1 Å². The van der Waals surface area contributed by atoms with E-state index in [2.05, 4.69) is 15.3 Å². The maximum atomic E-state index is 13.0. The van der Waals surface area contributed by atoms with Crippen LogP contribution in [0.3, 0.4) is 0 Å². The van der Waals surface area contributed by atoms with Gasteiger partial charge in [0.25, 0.3) is 5.91 Å². The van der Waals surface area contributed by atoms with Crippen molar-refractivity contribution in [2.45, 2.75) is 5.03 Å². The Morgan fingerprint density at radius 2 is 2.04 bits per heavy atom. The molecule has 0 aliphatic rings. The Morgan fingerprint density at radius 3 is 2.78 bits per heavy atom. The summed E-state index contributed by atoms with van der Waals surface area (Å²) >= 11 is 2.54. The van der Waals surface area contributed by atoms with Crippen molar-refractivity contribution in [1.82, 2.24) is 9.97 Å². The highest BCUT2D eigenvalue weighted by molar-refractivity contribution is 7.98. The molecule has 0 radical (unpaired) electrons. The predicted molar refractivity (Wildman–Crippen MR) is 102 cm³/mol. The molecule has 1 amide bonds. The molecule has 2 aromatic heterocycles. The van der Waals surface area contributed by atoms with Gasteiger partial charge in [-0.15, -0.1) is 23.1 Å². The summed E-state index contributed by atoms with van der Waals surface area (Å²) in [4.78, 5) is 32.5. The van der Waals surface area contributed by atoms with Crippen molar-refractivity contribution < 1.29 is 18.7 Å². The lowest BCUT2D eigenvalue weighted by atomic mass is 10.2. The smallest absolute Gasteiger partial charge is 0.341 e. The summed E-state index contributed by atoms with van der Waals surface area (Å²) in [5.41, 5.74) is 1.67. The monoisotopic (exact) mass is 403 g/mol. The van der Waals surface area contributed by atoms with Crippen LogP contribution in [0.15, 0.2) is 53.0 Å². The van der Waals surface area contributed by atoms with Crippen LogP contribution in [0.4, 0.5) is 9.52 Å². The summed E-state index contributed by atoms with van der Waals surface area (Å²) in [6, 6.07) is 9.11. The van der Waals surface area contributed by atoms with Gasteiger partial charge in [-0.25, -0.2) is 19.2 Å². The molecule has 0 unspecified atom stereocenters. The number of benzene rings is 1. The number of pyridine rings is 1. The third kappa shape index (κ3) is 4.89. The van der Waals surface area contributed by atoms with E-state index in [1.165, 1.54) is 35.2 Å². The van der Waals surface area contributed by atoms with Crippen LogP contribution in [0.2, 0.25) is 0 Å². The van der Waals surface area contributed by atoms with Crippen LogP contribution in [0.1, 0.15) is 10.4 Å². The van der Waals surface area contributed by atoms with Gasteiger partial charge >= 0.3 is 5.97 Å². The van der Waals surface area contributed by atoms with Crippen molar-refractivity contribution >= 4 is 40.1 Å². The summed E-state index contributed by atoms with van der Waals surface area (Å²) in [5.74, 6) is -1.45. The second-order valence-electron chi connectivity index (χ2n) is 5.23. The fraction of sp³-hybridized carbons (Fsp3) is 0.111. The van der Waals surface area contributed by atoms with E-state index >= 15 is 0 Å². The van der Waals surface area contributed by atoms with Gasteiger partial charge in [0.2, 0.25) is 0 Å². The summed E-state index contributed by atoms with van der Waals surface area (Å²) in [7, 11) is 0. The fourth-order valence-corrected chi connectivity index (χ4v) is 3.43. The van der Waals surface area contributed by atoms with E-state index in [9.17, 15) is 14.0 Å². The van der Waals surface area contributed by atoms with E-state index in [0.717, 1.165) is 5.56 Å². The van der Waals surface area contributed by atoms with E-state index in [4.69, 9.17) is 4.74 Å². The Bertz CT molecular complexity index is 960. The number of rotatable bonds is 6. The number of carbonyl (C=O) groups excluding carboxylic acids is 2. The first-order chi connectivity index (χ1) is 13.1. The number of esters is 1. The third-order valence-electron chi connectivity index (χ3n) is 3.41. The van der Waals surface area contributed by atoms with Gasteiger partial charge in [0.1, 0.15) is 10.8 Å². The predicted octanol–water partition coefficient (Wildman–Crippen LogP) is 3.86. The van der Waals surface area contributed by atoms with Gasteiger partial charge in [0.05, 0.1) is 11.3 Å². The number of carbonyl (C=O) groups is 2. The first-order valence-corrected chi connectivity index (χ1v) is 9.84. The van der Waals surface area contributed by atoms with Crippen LogP contribution in [0, 0.1) is 5.82 Å². The molecule has 0 aliphatic heterocycles. The normalized spacial score (nSPS) is 10.4. The Kier molecular flexibility index (Phi) is 6.15. The molecule has 27 heavy (non-hydrogen) atoms. The molecule has 138 valence electrons. The van der Waals surface area contributed by atoms with Crippen molar-refractivity contribution in [2.24, 2.45) is 0 Å². The number of aromatic nitrogens is 2. The number of nitrogens with one attached hydrogen (secondary N) is 1. The molecule has 0 fully saturated rings. The average molecular weight is 403 g/mol. The summed E-state index contributed by atoms with van der Waals surface area (Å²) in [5, 5.41) is 5.22. The lowest BCUT2D eigenvalue weighted by Crippen LogP contribution is -2.21. The Hall–Kier alpha value is -2.78. The number of hydrogen-bond donors (Lipinski definition) is 1. The Labute approximate surface area is 162 Å². The molecule has 1 N–H and O–H groups in total. The molecule has 0 saturated carbocycles. The van der Waals surface area contributed by atoms with Crippen molar-refractivity contribution in [3.8, 4) is 11.3 Å². The summed E-state index contributed by atoms with van der Waals surface area (Å²) < 4.78 is 18.0. The van der Waals surface area contributed by atoms with Crippen LogP contribution in [0.25, 0.3) is 11.3 Å². The number of anilines is 1. The minimum atomic E-state index is -0.617. The molecule has 0 bridgehead atoms. The zero-order valence-electron chi connectivity index (χ0n) is 14.1. The van der Waals surface area contributed by atoms with E-state index in [-0.39, 0.29) is 5.82 Å². The van der Waals surface area contributed by atoms with Crippen LogP contribution in [-0.2, 0) is 9.53 Å². The lowest BCUT2D eigenvalue weighted by Gasteiger charge is -2.06. The van der Waals surface area contributed by atoms with E-state index < -0.39 is 18.5 Å². The number of thioether (sulfide) groups is 1. The quantitative estimate of drug-likeness (QED) is 0.497. The number of hydrogen-bond acceptors (Lipinski definition) is 7. The maximum Gasteiger partial charge on any atom is 0.341 e. The van der Waals surface area contributed by atoms with Gasteiger partial charge in [0, 0.05) is 17.1 Å². The van der Waals surface area contributed by atoms with Gasteiger partial charge in [-0.2, -0.15) is 0 Å². The number of thiazole rings is 1. The topological polar surface area (TPSA) is 81.2 Å². The van der Waals surface area contributed by atoms with E-state index in [0.29, 0.717) is 21.4 Å². The van der Waals surface area contributed by atoms with Crippen LogP contribution < -0.4 is 5.32 Å². The van der Waals surface area contributed by atoms with Gasteiger partial charge < -0.3 is 4.74 Å². The molecular weight excluding hydrogens is 389 g/mol. The zero-order valence-corrected chi connectivity index (χ0v) is 15.8. The largest absolute Gasteiger partial charge is 0.452 e. The summed E-state index contributed by atoms with van der Waals surface area (Å²) in [6.07, 6.45) is 3.38. The highest BCUT2D eigenvalue weighted by Crippen LogP contribution is 2.25. The van der Waals surface area contributed by atoms with Crippen LogP contribution in [0.5, 0.6) is 0 Å². The molecule has 2 heterocycles. The molecule has 1 aromatic carbocycles. The number of amides is 1. The third-order valence-corrected chi connectivity index (χ3v) is 4.88. The number of ether oxygens (including phenoxy) is 1. The lowest BCUT2D eigenvalue weighted by molar-refractivity contribution is -0.119. The molecule has 0 saturated heterocycles. The second-order valence-corrected chi connectivity index (χ2v) is 6.88. The maximum absolute atomic E-state index is 13.0. The van der Waals surface area contributed by atoms with Crippen molar-refractivity contribution in [2.75, 3.05) is 18.2 Å². The number of halogens is 1. The minimum Gasteiger partial charge on any atom is -0.452 e. The Morgan fingerprint density at radius 1 is 1.26 bits per heavy atom. The highest BCUT2D eigenvalue weighted by Gasteiger charge is 2.15. The van der Waals surface area contributed by atoms with Crippen LogP contribution in [-0.4, -0.2) is 34.7 Å². The molecule has 9 heteroatoms. The SMILES string of the molecule is CSc1ncccc1C(=O)OCC(=O)Nc1nc(-c2ccc(F)cc2)cs1. The molecule has 0 atom stereocenters. The Balaban J connectivity index is 1.57. The molecule has 3 aromatic rings. The standard InChI is InChI=1S/C18H14FN3O3S2/c1-26-16-13(3-2-8-20-16)17(24)25-9-15(23)22-18-21-14(10-27-18)11-4-6-12(19)7-5-11/h2-8,10H,9H2,1H3,(H,21,22,23).